The molecule has 0 saturated heterocycles. The van der Waals surface area contributed by atoms with Crippen LogP contribution in [-0.4, -0.2) is 43.8 Å². The Kier molecular flexibility index (Phi) is 7.62. The van der Waals surface area contributed by atoms with Crippen LogP contribution in [-0.2, 0) is 14.3 Å². The fourth-order valence-electron chi connectivity index (χ4n) is 5.33. The van der Waals surface area contributed by atoms with Crippen LogP contribution in [0.5, 0.6) is 11.5 Å². The first-order valence-corrected chi connectivity index (χ1v) is 14.1. The molecule has 0 radical (unpaired) electrons. The number of esters is 1. The van der Waals surface area contributed by atoms with E-state index in [2.05, 4.69) is 0 Å². The fourth-order valence-corrected chi connectivity index (χ4v) is 6.44. The predicted octanol–water partition coefficient (Wildman–Crippen LogP) is 3.33. The molecule has 1 amide bonds. The van der Waals surface area contributed by atoms with E-state index in [1.54, 1.807) is 37.1 Å². The summed E-state index contributed by atoms with van der Waals surface area (Å²) in [4.78, 5) is 48.4. The van der Waals surface area contributed by atoms with Crippen LogP contribution in [0.4, 0.5) is 5.69 Å². The molecule has 208 valence electrons. The molecule has 1 aromatic heterocycles. The van der Waals surface area contributed by atoms with Crippen molar-refractivity contribution in [3.05, 3.63) is 84.5 Å². The number of anilines is 1. The van der Waals surface area contributed by atoms with E-state index in [0.717, 1.165) is 23.4 Å². The molecule has 0 spiro atoms. The predicted molar refractivity (Wildman–Crippen MR) is 153 cm³/mol. The summed E-state index contributed by atoms with van der Waals surface area (Å²) in [6.07, 6.45) is 1.22. The van der Waals surface area contributed by atoms with Gasteiger partial charge in [-0.2, -0.15) is 0 Å². The first-order valence-electron chi connectivity index (χ1n) is 13.3. The second-order valence-electron chi connectivity index (χ2n) is 9.28. The lowest BCUT2D eigenvalue weighted by Gasteiger charge is -2.27. The Morgan fingerprint density at radius 3 is 2.50 bits per heavy atom. The van der Waals surface area contributed by atoms with Gasteiger partial charge in [0.2, 0.25) is 0 Å². The number of allylic oxidation sites excluding steroid dienone is 1. The van der Waals surface area contributed by atoms with Crippen molar-refractivity contribution in [2.45, 2.75) is 39.7 Å². The van der Waals surface area contributed by atoms with Gasteiger partial charge in [-0.05, 0) is 44.5 Å². The fraction of sp³-hybridized carbons (Fsp3) is 0.333. The van der Waals surface area contributed by atoms with Crippen LogP contribution in [0, 0.1) is 0 Å². The molecular formula is C30H31N3O6S. The van der Waals surface area contributed by atoms with Crippen molar-refractivity contribution in [2.24, 2.45) is 4.99 Å². The van der Waals surface area contributed by atoms with E-state index in [0.29, 0.717) is 51.7 Å². The van der Waals surface area contributed by atoms with Crippen LogP contribution in [0.25, 0.3) is 5.57 Å². The van der Waals surface area contributed by atoms with Crippen molar-refractivity contribution in [1.29, 1.82) is 0 Å². The van der Waals surface area contributed by atoms with Crippen LogP contribution >= 0.6 is 11.3 Å². The Balaban J connectivity index is 1.89. The third-order valence-electron chi connectivity index (χ3n) is 7.07. The van der Waals surface area contributed by atoms with Crippen molar-refractivity contribution >= 4 is 34.5 Å². The number of hydrogen-bond donors (Lipinski definition) is 0. The molecule has 1 atom stereocenters. The zero-order valence-electron chi connectivity index (χ0n) is 23.1. The Morgan fingerprint density at radius 2 is 1.82 bits per heavy atom. The van der Waals surface area contributed by atoms with E-state index in [1.807, 2.05) is 38.1 Å². The topological polar surface area (TPSA) is 99.4 Å². The van der Waals surface area contributed by atoms with Gasteiger partial charge in [0.15, 0.2) is 4.80 Å². The van der Waals surface area contributed by atoms with Gasteiger partial charge in [0.05, 0.1) is 43.4 Å². The molecule has 0 bridgehead atoms. The average molecular weight is 562 g/mol. The normalized spacial score (nSPS) is 17.4. The molecule has 3 heterocycles. The summed E-state index contributed by atoms with van der Waals surface area (Å²) < 4.78 is 18.4. The zero-order chi connectivity index (χ0) is 28.6. The van der Waals surface area contributed by atoms with Gasteiger partial charge in [-0.3, -0.25) is 14.2 Å². The van der Waals surface area contributed by atoms with Gasteiger partial charge < -0.3 is 19.1 Å². The molecule has 2 aliphatic rings. The van der Waals surface area contributed by atoms with Crippen LogP contribution in [0.3, 0.4) is 0 Å². The van der Waals surface area contributed by atoms with E-state index in [9.17, 15) is 14.4 Å². The number of benzene rings is 2. The van der Waals surface area contributed by atoms with E-state index in [1.165, 1.54) is 11.7 Å². The third-order valence-corrected chi connectivity index (χ3v) is 8.12. The minimum atomic E-state index is -0.898. The number of rotatable bonds is 8. The number of thiazole rings is 1. The van der Waals surface area contributed by atoms with E-state index in [4.69, 9.17) is 19.2 Å². The molecule has 0 saturated carbocycles. The number of carbonyl (C=O) groups is 2. The highest BCUT2D eigenvalue weighted by Gasteiger charge is 2.38. The Morgan fingerprint density at radius 1 is 1.05 bits per heavy atom. The molecule has 0 N–H and O–H groups in total. The minimum absolute atomic E-state index is 0.163. The summed E-state index contributed by atoms with van der Waals surface area (Å²) >= 11 is 1.16. The van der Waals surface area contributed by atoms with Gasteiger partial charge in [0.25, 0.3) is 11.5 Å². The lowest BCUT2D eigenvalue weighted by Crippen LogP contribution is -2.41. The zero-order valence-corrected chi connectivity index (χ0v) is 24.0. The van der Waals surface area contributed by atoms with Crippen molar-refractivity contribution in [1.82, 2.24) is 4.57 Å². The molecule has 0 unspecified atom stereocenters. The summed E-state index contributed by atoms with van der Waals surface area (Å²) in [5.74, 6) is 0.226. The second kappa shape index (κ2) is 11.1. The standard InChI is InChI=1S/C30H31N3O6S/c1-6-11-20-24(29(36)39-8-3)25(19-16-17(37-4)14-15-22(19)38-5)33-28(35)26(40-30(33)31-20)23-18-12-9-10-13-21(18)32(7-2)27(23)34/h9-10,12-16,25H,6-8,11H2,1-5H3/b26-23-/t25-/m1/s1. The minimum Gasteiger partial charge on any atom is -0.497 e. The highest BCUT2D eigenvalue weighted by Crippen LogP contribution is 2.39. The number of para-hydroxylation sites is 1. The number of fused-ring (bicyclic) bond motifs is 2. The van der Waals surface area contributed by atoms with Crippen LogP contribution < -0.4 is 29.3 Å². The number of carbonyl (C=O) groups excluding carboxylic acids is 2. The summed E-state index contributed by atoms with van der Waals surface area (Å²) in [5.41, 5.74) is 2.77. The van der Waals surface area contributed by atoms with Gasteiger partial charge >= 0.3 is 5.97 Å². The highest BCUT2D eigenvalue weighted by atomic mass is 32.1. The largest absolute Gasteiger partial charge is 0.497 e. The van der Waals surface area contributed by atoms with E-state index in [-0.39, 0.29) is 22.6 Å². The summed E-state index contributed by atoms with van der Waals surface area (Å²) in [6.45, 7) is 6.26. The Hall–Kier alpha value is -4.18. The van der Waals surface area contributed by atoms with Crippen molar-refractivity contribution in [3.63, 3.8) is 0 Å². The molecule has 2 aliphatic heterocycles. The summed E-state index contributed by atoms with van der Waals surface area (Å²) in [7, 11) is 3.08. The summed E-state index contributed by atoms with van der Waals surface area (Å²) in [5, 5.41) is 0. The lowest BCUT2D eigenvalue weighted by molar-refractivity contribution is -0.139. The summed E-state index contributed by atoms with van der Waals surface area (Å²) in [6, 6.07) is 11.8. The number of ether oxygens (including phenoxy) is 3. The number of likely N-dealkylation sites (N-methyl/N-ethyl adjacent to an activating group) is 1. The van der Waals surface area contributed by atoms with Crippen molar-refractivity contribution in [2.75, 3.05) is 32.3 Å². The maximum Gasteiger partial charge on any atom is 0.338 e. The first kappa shape index (κ1) is 27.4. The number of methoxy groups -OCH3 is 2. The molecule has 0 aliphatic carbocycles. The number of nitrogens with zero attached hydrogens (tertiary/aromatic N) is 3. The van der Waals surface area contributed by atoms with Crippen LogP contribution in [0.2, 0.25) is 0 Å². The smallest absolute Gasteiger partial charge is 0.338 e. The Bertz CT molecular complexity index is 1720. The van der Waals surface area contributed by atoms with E-state index >= 15 is 0 Å². The average Bonchev–Trinajstić information content (AvgIpc) is 3.43. The maximum atomic E-state index is 14.4. The SMILES string of the molecule is CCCC1=C(C(=O)OCC)[C@@H](c2cc(OC)ccc2OC)n2c(s/c(=C3\C(=O)N(CC)c4ccccc43)c2=O)=N1. The molecule has 9 nitrogen and oxygen atoms in total. The lowest BCUT2D eigenvalue weighted by atomic mass is 9.93. The van der Waals surface area contributed by atoms with Gasteiger partial charge in [-0.25, -0.2) is 9.79 Å². The number of amides is 1. The Labute approximate surface area is 235 Å². The monoisotopic (exact) mass is 561 g/mol. The quantitative estimate of drug-likeness (QED) is 0.391. The maximum absolute atomic E-state index is 14.4. The third kappa shape index (κ3) is 4.32. The highest BCUT2D eigenvalue weighted by molar-refractivity contribution is 7.07. The second-order valence-corrected chi connectivity index (χ2v) is 10.3. The van der Waals surface area contributed by atoms with Crippen LogP contribution in [0.1, 0.15) is 50.8 Å². The van der Waals surface area contributed by atoms with Gasteiger partial charge in [0, 0.05) is 17.7 Å². The number of hydrogen-bond acceptors (Lipinski definition) is 8. The molecule has 10 heteroatoms. The molecule has 40 heavy (non-hydrogen) atoms. The molecule has 5 rings (SSSR count). The molecule has 2 aromatic carbocycles. The van der Waals surface area contributed by atoms with Crippen molar-refractivity contribution in [3.8, 4) is 11.5 Å². The van der Waals surface area contributed by atoms with Gasteiger partial charge in [-0.15, -0.1) is 0 Å². The van der Waals surface area contributed by atoms with Gasteiger partial charge in [-0.1, -0.05) is 42.9 Å². The van der Waals surface area contributed by atoms with Gasteiger partial charge in [0.1, 0.15) is 22.1 Å². The molecule has 0 fully saturated rings. The first-order chi connectivity index (χ1) is 19.4. The van der Waals surface area contributed by atoms with E-state index < -0.39 is 17.6 Å². The molecular weight excluding hydrogens is 530 g/mol. The van der Waals surface area contributed by atoms with Crippen LogP contribution in [0.15, 0.2) is 63.5 Å². The number of aromatic nitrogens is 1. The molecule has 3 aromatic rings. The van der Waals surface area contributed by atoms with Crippen molar-refractivity contribution < 1.29 is 23.8 Å².